The molecule has 0 aliphatic heterocycles. The van der Waals surface area contributed by atoms with Crippen LogP contribution < -0.4 is 15.4 Å². The van der Waals surface area contributed by atoms with E-state index in [0.717, 1.165) is 12.1 Å². The number of ether oxygens (including phenoxy) is 1. The molecule has 0 radical (unpaired) electrons. The predicted molar refractivity (Wildman–Crippen MR) is 74.0 cm³/mol. The fraction of sp³-hybridized carbons (Fsp3) is 0.500. The van der Waals surface area contributed by atoms with Crippen LogP contribution in [-0.2, 0) is 4.79 Å². The zero-order chi connectivity index (χ0) is 16.0. The zero-order valence-electron chi connectivity index (χ0n) is 12.2. The van der Waals surface area contributed by atoms with Crippen LogP contribution >= 0.6 is 0 Å². The van der Waals surface area contributed by atoms with E-state index in [1.54, 1.807) is 0 Å². The standard InChI is InChI=1S/C14H19F3N2O2/c1-14(2,3)18-7-6-12(20)19-9-4-5-11(10(15)8-9)21-13(16)17/h4-5,8,13,18H,6-7H2,1-3H3,(H,19,20). The minimum atomic E-state index is -3.09. The van der Waals surface area contributed by atoms with Gasteiger partial charge < -0.3 is 15.4 Å². The van der Waals surface area contributed by atoms with Gasteiger partial charge in [0.15, 0.2) is 11.6 Å². The number of rotatable bonds is 6. The van der Waals surface area contributed by atoms with Crippen LogP contribution in [0.4, 0.5) is 18.9 Å². The number of amides is 1. The topological polar surface area (TPSA) is 50.4 Å². The second-order valence-corrected chi connectivity index (χ2v) is 5.50. The Hall–Kier alpha value is -1.76. The van der Waals surface area contributed by atoms with Crippen molar-refractivity contribution in [2.75, 3.05) is 11.9 Å². The third-order valence-corrected chi connectivity index (χ3v) is 2.44. The average molecular weight is 304 g/mol. The fourth-order valence-electron chi connectivity index (χ4n) is 1.54. The molecule has 1 aromatic rings. The number of carbonyl (C=O) groups is 1. The Kier molecular flexibility index (Phi) is 6.02. The van der Waals surface area contributed by atoms with E-state index in [4.69, 9.17) is 0 Å². The third-order valence-electron chi connectivity index (χ3n) is 2.44. The summed E-state index contributed by atoms with van der Waals surface area (Å²) in [5.41, 5.74) is 0.0931. The predicted octanol–water partition coefficient (Wildman–Crippen LogP) is 3.14. The van der Waals surface area contributed by atoms with Crippen molar-refractivity contribution >= 4 is 11.6 Å². The molecule has 21 heavy (non-hydrogen) atoms. The number of hydrogen-bond donors (Lipinski definition) is 2. The molecule has 2 N–H and O–H groups in total. The molecular weight excluding hydrogens is 285 g/mol. The molecule has 0 aliphatic rings. The molecule has 1 amide bonds. The SMILES string of the molecule is CC(C)(C)NCCC(=O)Nc1ccc(OC(F)F)c(F)c1. The van der Waals surface area contributed by atoms with Gasteiger partial charge in [-0.2, -0.15) is 8.78 Å². The van der Waals surface area contributed by atoms with Gasteiger partial charge in [0.05, 0.1) is 0 Å². The first-order valence-electron chi connectivity index (χ1n) is 6.46. The van der Waals surface area contributed by atoms with E-state index in [2.05, 4.69) is 15.4 Å². The van der Waals surface area contributed by atoms with Crippen molar-refractivity contribution in [1.82, 2.24) is 5.32 Å². The van der Waals surface area contributed by atoms with Gasteiger partial charge in [-0.1, -0.05) is 0 Å². The molecule has 0 unspecified atom stereocenters. The number of nitrogens with one attached hydrogen (secondary N) is 2. The number of anilines is 1. The van der Waals surface area contributed by atoms with Crippen molar-refractivity contribution in [1.29, 1.82) is 0 Å². The average Bonchev–Trinajstić information content (AvgIpc) is 2.30. The van der Waals surface area contributed by atoms with Crippen LogP contribution in [0.2, 0.25) is 0 Å². The summed E-state index contributed by atoms with van der Waals surface area (Å²) in [6.07, 6.45) is 0.216. The molecule has 4 nitrogen and oxygen atoms in total. The molecule has 0 bridgehead atoms. The number of carbonyl (C=O) groups excluding carboxylic acids is 1. The molecule has 7 heteroatoms. The first-order valence-corrected chi connectivity index (χ1v) is 6.46. The van der Waals surface area contributed by atoms with Crippen molar-refractivity contribution in [2.24, 2.45) is 0 Å². The van der Waals surface area contributed by atoms with Crippen molar-refractivity contribution < 1.29 is 22.7 Å². The van der Waals surface area contributed by atoms with Crippen LogP contribution in [0.1, 0.15) is 27.2 Å². The molecule has 0 aromatic heterocycles. The van der Waals surface area contributed by atoms with E-state index >= 15 is 0 Å². The summed E-state index contributed by atoms with van der Waals surface area (Å²) in [6.45, 7) is 3.31. The van der Waals surface area contributed by atoms with Gasteiger partial charge in [0, 0.05) is 30.3 Å². The quantitative estimate of drug-likeness (QED) is 0.849. The highest BCUT2D eigenvalue weighted by Gasteiger charge is 2.12. The van der Waals surface area contributed by atoms with Gasteiger partial charge in [-0.3, -0.25) is 4.79 Å². The summed E-state index contributed by atoms with van der Waals surface area (Å²) in [4.78, 5) is 11.6. The molecule has 0 aliphatic carbocycles. The zero-order valence-corrected chi connectivity index (χ0v) is 12.2. The Morgan fingerprint density at radius 3 is 2.52 bits per heavy atom. The van der Waals surface area contributed by atoms with Crippen LogP contribution in [0, 0.1) is 5.82 Å². The Balaban J connectivity index is 2.51. The Labute approximate surface area is 121 Å². The minimum Gasteiger partial charge on any atom is -0.432 e. The molecule has 118 valence electrons. The molecule has 0 spiro atoms. The molecule has 0 heterocycles. The monoisotopic (exact) mass is 304 g/mol. The van der Waals surface area contributed by atoms with Crippen LogP contribution in [0.25, 0.3) is 0 Å². The molecule has 0 atom stereocenters. The molecule has 1 aromatic carbocycles. The van der Waals surface area contributed by atoms with E-state index in [1.807, 2.05) is 20.8 Å². The van der Waals surface area contributed by atoms with E-state index in [9.17, 15) is 18.0 Å². The van der Waals surface area contributed by atoms with Crippen LogP contribution in [0.5, 0.6) is 5.75 Å². The van der Waals surface area contributed by atoms with Crippen LogP contribution in [0.15, 0.2) is 18.2 Å². The highest BCUT2D eigenvalue weighted by molar-refractivity contribution is 5.90. The number of halogens is 3. The van der Waals surface area contributed by atoms with Gasteiger partial charge >= 0.3 is 6.61 Å². The Bertz CT molecular complexity index is 488. The van der Waals surface area contributed by atoms with Gasteiger partial charge in [0.1, 0.15) is 0 Å². The molecule has 0 fully saturated rings. The van der Waals surface area contributed by atoms with Crippen molar-refractivity contribution in [3.8, 4) is 5.75 Å². The van der Waals surface area contributed by atoms with Crippen molar-refractivity contribution in [2.45, 2.75) is 39.3 Å². The molecule has 0 saturated carbocycles. The third kappa shape index (κ3) is 6.99. The van der Waals surface area contributed by atoms with E-state index < -0.39 is 18.2 Å². The Morgan fingerprint density at radius 2 is 2.00 bits per heavy atom. The Morgan fingerprint density at radius 1 is 1.33 bits per heavy atom. The number of alkyl halides is 2. The van der Waals surface area contributed by atoms with Crippen LogP contribution in [0.3, 0.4) is 0 Å². The number of hydrogen-bond acceptors (Lipinski definition) is 3. The first kappa shape index (κ1) is 17.3. The summed E-state index contributed by atoms with van der Waals surface area (Å²) >= 11 is 0. The lowest BCUT2D eigenvalue weighted by Crippen LogP contribution is -2.37. The summed E-state index contributed by atoms with van der Waals surface area (Å²) in [5.74, 6) is -1.81. The van der Waals surface area contributed by atoms with Gasteiger partial charge in [0.2, 0.25) is 5.91 Å². The lowest BCUT2D eigenvalue weighted by molar-refractivity contribution is -0.116. The summed E-state index contributed by atoms with van der Waals surface area (Å²) in [7, 11) is 0. The minimum absolute atomic E-state index is 0.0966. The summed E-state index contributed by atoms with van der Waals surface area (Å²) in [6, 6.07) is 3.28. The van der Waals surface area contributed by atoms with E-state index in [-0.39, 0.29) is 23.6 Å². The second-order valence-electron chi connectivity index (χ2n) is 5.50. The molecule has 1 rings (SSSR count). The maximum atomic E-state index is 13.4. The van der Waals surface area contributed by atoms with Crippen molar-refractivity contribution in [3.63, 3.8) is 0 Å². The molecular formula is C14H19F3N2O2. The highest BCUT2D eigenvalue weighted by atomic mass is 19.3. The lowest BCUT2D eigenvalue weighted by Gasteiger charge is -2.20. The van der Waals surface area contributed by atoms with Crippen molar-refractivity contribution in [3.05, 3.63) is 24.0 Å². The maximum absolute atomic E-state index is 13.4. The summed E-state index contributed by atoms with van der Waals surface area (Å²) in [5, 5.41) is 5.63. The lowest BCUT2D eigenvalue weighted by atomic mass is 10.1. The maximum Gasteiger partial charge on any atom is 0.387 e. The van der Waals surface area contributed by atoms with Gasteiger partial charge in [-0.05, 0) is 32.9 Å². The second kappa shape index (κ2) is 7.31. The van der Waals surface area contributed by atoms with Gasteiger partial charge in [-0.15, -0.1) is 0 Å². The fourth-order valence-corrected chi connectivity index (χ4v) is 1.54. The first-order chi connectivity index (χ1) is 9.67. The van der Waals surface area contributed by atoms with E-state index in [1.165, 1.54) is 6.07 Å². The summed E-state index contributed by atoms with van der Waals surface area (Å²) < 4.78 is 41.4. The molecule has 0 saturated heterocycles. The van der Waals surface area contributed by atoms with Crippen LogP contribution in [-0.4, -0.2) is 24.6 Å². The van der Waals surface area contributed by atoms with E-state index in [0.29, 0.717) is 6.54 Å². The largest absolute Gasteiger partial charge is 0.432 e. The highest BCUT2D eigenvalue weighted by Crippen LogP contribution is 2.22. The van der Waals surface area contributed by atoms with Gasteiger partial charge in [0.25, 0.3) is 0 Å². The smallest absolute Gasteiger partial charge is 0.387 e. The van der Waals surface area contributed by atoms with Gasteiger partial charge in [-0.25, -0.2) is 4.39 Å². The number of benzene rings is 1. The normalized spacial score (nSPS) is 11.6.